The Balaban J connectivity index is 1.81. The van der Waals surface area contributed by atoms with Gasteiger partial charge in [-0.3, -0.25) is 9.59 Å². The van der Waals surface area contributed by atoms with Gasteiger partial charge < -0.3 is 15.0 Å². The molecular weight excluding hydrogens is 388 g/mol. The molecule has 0 spiro atoms. The molecule has 31 heavy (non-hydrogen) atoms. The number of carbonyl (C=O) groups excluding carboxylic acids is 2. The van der Waals surface area contributed by atoms with E-state index in [1.165, 1.54) is 0 Å². The maximum atomic E-state index is 13.4. The number of aryl methyl sites for hydroxylation is 1. The fourth-order valence-electron chi connectivity index (χ4n) is 3.34. The minimum Gasteiger partial charge on any atom is -0.383 e. The highest BCUT2D eigenvalue weighted by Crippen LogP contribution is 2.22. The zero-order chi connectivity index (χ0) is 22.1. The molecule has 160 valence electrons. The Kier molecular flexibility index (Phi) is 7.96. The summed E-state index contributed by atoms with van der Waals surface area (Å²) in [5, 5.41) is 2.82. The van der Waals surface area contributed by atoms with Gasteiger partial charge in [0.25, 0.3) is 5.91 Å². The Hall–Kier alpha value is -3.44. The van der Waals surface area contributed by atoms with Gasteiger partial charge in [-0.1, -0.05) is 60.7 Å². The van der Waals surface area contributed by atoms with Crippen molar-refractivity contribution >= 4 is 17.5 Å². The van der Waals surface area contributed by atoms with E-state index in [1.807, 2.05) is 85.8 Å². The van der Waals surface area contributed by atoms with Crippen molar-refractivity contribution in [3.63, 3.8) is 0 Å². The first kappa shape index (κ1) is 22.2. The van der Waals surface area contributed by atoms with Crippen molar-refractivity contribution < 1.29 is 14.3 Å². The number of nitrogens with one attached hydrogen (secondary N) is 1. The van der Waals surface area contributed by atoms with E-state index < -0.39 is 0 Å². The quantitative estimate of drug-likeness (QED) is 0.533. The van der Waals surface area contributed by atoms with E-state index in [0.29, 0.717) is 25.3 Å². The zero-order valence-corrected chi connectivity index (χ0v) is 18.0. The minimum absolute atomic E-state index is 0.0491. The average Bonchev–Trinajstić information content (AvgIpc) is 2.79. The Morgan fingerprint density at radius 2 is 1.55 bits per heavy atom. The van der Waals surface area contributed by atoms with E-state index in [-0.39, 0.29) is 18.2 Å². The second kappa shape index (κ2) is 11.1. The first-order valence-electron chi connectivity index (χ1n) is 10.3. The van der Waals surface area contributed by atoms with E-state index in [1.54, 1.807) is 12.0 Å². The number of hydrogen-bond donors (Lipinski definition) is 1. The van der Waals surface area contributed by atoms with Gasteiger partial charge in [-0.05, 0) is 41.8 Å². The summed E-state index contributed by atoms with van der Waals surface area (Å²) in [5.41, 5.74) is 4.35. The van der Waals surface area contributed by atoms with Crippen molar-refractivity contribution in [2.24, 2.45) is 0 Å². The van der Waals surface area contributed by atoms with Crippen molar-refractivity contribution in [2.45, 2.75) is 19.9 Å². The lowest BCUT2D eigenvalue weighted by atomic mass is 10.1. The third-order valence-electron chi connectivity index (χ3n) is 5.05. The summed E-state index contributed by atoms with van der Waals surface area (Å²) in [6.07, 6.45) is 0.286. The molecule has 0 aliphatic carbocycles. The molecule has 3 aromatic carbocycles. The zero-order valence-electron chi connectivity index (χ0n) is 18.0. The molecule has 0 fully saturated rings. The molecular formula is C26H28N2O3. The summed E-state index contributed by atoms with van der Waals surface area (Å²) in [5.74, 6) is -0.103. The lowest BCUT2D eigenvalue weighted by molar-refractivity contribution is -0.120. The molecule has 0 radical (unpaired) electrons. The number of hydrogen-bond acceptors (Lipinski definition) is 3. The molecule has 0 aromatic heterocycles. The van der Waals surface area contributed by atoms with Crippen LogP contribution in [-0.2, 0) is 22.5 Å². The van der Waals surface area contributed by atoms with Crippen LogP contribution in [-0.4, -0.2) is 32.1 Å². The summed E-state index contributed by atoms with van der Waals surface area (Å²) in [4.78, 5) is 27.3. The largest absolute Gasteiger partial charge is 0.383 e. The van der Waals surface area contributed by atoms with E-state index in [9.17, 15) is 9.59 Å². The van der Waals surface area contributed by atoms with Crippen LogP contribution in [0.4, 0.5) is 5.69 Å². The highest BCUT2D eigenvalue weighted by atomic mass is 16.5. The number of carbonyl (C=O) groups is 2. The van der Waals surface area contributed by atoms with Crippen molar-refractivity contribution in [1.82, 2.24) is 5.32 Å². The van der Waals surface area contributed by atoms with Crippen LogP contribution in [0, 0.1) is 6.92 Å². The molecule has 5 nitrogen and oxygen atoms in total. The molecule has 0 unspecified atom stereocenters. The molecule has 0 aliphatic heterocycles. The second-order valence-corrected chi connectivity index (χ2v) is 7.38. The van der Waals surface area contributed by atoms with Crippen LogP contribution in [0.2, 0.25) is 0 Å². The number of anilines is 1. The number of ether oxygens (including phenoxy) is 1. The number of rotatable bonds is 9. The van der Waals surface area contributed by atoms with Gasteiger partial charge in [-0.2, -0.15) is 0 Å². The first-order chi connectivity index (χ1) is 15.1. The standard InChI is InChI=1S/C26H28N2O3/c1-20-8-6-7-11-24(20)26(30)28(19-22-9-4-3-5-10-22)23-14-12-21(13-15-23)18-25(29)27-16-17-31-2/h3-15H,16-19H2,1-2H3,(H,27,29). The Morgan fingerprint density at radius 3 is 2.23 bits per heavy atom. The summed E-state index contributed by atoms with van der Waals surface area (Å²) < 4.78 is 4.95. The number of benzene rings is 3. The van der Waals surface area contributed by atoms with Crippen molar-refractivity contribution in [2.75, 3.05) is 25.2 Å². The van der Waals surface area contributed by atoms with Crippen molar-refractivity contribution in [3.8, 4) is 0 Å². The van der Waals surface area contributed by atoms with Gasteiger partial charge in [-0.25, -0.2) is 0 Å². The SMILES string of the molecule is COCCNC(=O)Cc1ccc(N(Cc2ccccc2)C(=O)c2ccccc2C)cc1. The Morgan fingerprint density at radius 1 is 0.871 bits per heavy atom. The van der Waals surface area contributed by atoms with Gasteiger partial charge >= 0.3 is 0 Å². The lowest BCUT2D eigenvalue weighted by Crippen LogP contribution is -2.31. The van der Waals surface area contributed by atoms with Gasteiger partial charge in [0.15, 0.2) is 0 Å². The molecule has 3 rings (SSSR count). The van der Waals surface area contributed by atoms with E-state index >= 15 is 0 Å². The van der Waals surface area contributed by atoms with E-state index in [4.69, 9.17) is 4.74 Å². The molecule has 0 aliphatic rings. The lowest BCUT2D eigenvalue weighted by Gasteiger charge is -2.24. The van der Waals surface area contributed by atoms with Crippen LogP contribution in [0.5, 0.6) is 0 Å². The van der Waals surface area contributed by atoms with E-state index in [0.717, 1.165) is 22.4 Å². The highest BCUT2D eigenvalue weighted by Gasteiger charge is 2.20. The van der Waals surface area contributed by atoms with Crippen molar-refractivity contribution in [3.05, 3.63) is 101 Å². The van der Waals surface area contributed by atoms with Crippen LogP contribution in [0.3, 0.4) is 0 Å². The summed E-state index contributed by atoms with van der Waals surface area (Å²) in [6, 6.07) is 25.1. The van der Waals surface area contributed by atoms with Crippen molar-refractivity contribution in [1.29, 1.82) is 0 Å². The third-order valence-corrected chi connectivity index (χ3v) is 5.05. The average molecular weight is 417 g/mol. The highest BCUT2D eigenvalue weighted by molar-refractivity contribution is 6.07. The van der Waals surface area contributed by atoms with Crippen LogP contribution in [0.25, 0.3) is 0 Å². The predicted molar refractivity (Wildman–Crippen MR) is 123 cm³/mol. The fraction of sp³-hybridized carbons (Fsp3) is 0.231. The van der Waals surface area contributed by atoms with Gasteiger partial charge in [0, 0.05) is 24.9 Å². The molecule has 2 amide bonds. The Bertz CT molecular complexity index is 1000. The smallest absolute Gasteiger partial charge is 0.258 e. The Labute approximate surface area is 183 Å². The summed E-state index contributed by atoms with van der Waals surface area (Å²) >= 11 is 0. The van der Waals surface area contributed by atoms with Gasteiger partial charge in [-0.15, -0.1) is 0 Å². The maximum absolute atomic E-state index is 13.4. The van der Waals surface area contributed by atoms with Gasteiger partial charge in [0.2, 0.25) is 5.91 Å². The van der Waals surface area contributed by atoms with Crippen LogP contribution in [0.15, 0.2) is 78.9 Å². The van der Waals surface area contributed by atoms with Crippen LogP contribution >= 0.6 is 0 Å². The number of nitrogens with zero attached hydrogens (tertiary/aromatic N) is 1. The molecule has 0 atom stereocenters. The molecule has 0 saturated carbocycles. The molecule has 0 bridgehead atoms. The molecule has 0 saturated heterocycles. The topological polar surface area (TPSA) is 58.6 Å². The van der Waals surface area contributed by atoms with Gasteiger partial charge in [0.1, 0.15) is 0 Å². The molecule has 5 heteroatoms. The normalized spacial score (nSPS) is 10.5. The number of amides is 2. The minimum atomic E-state index is -0.0538. The second-order valence-electron chi connectivity index (χ2n) is 7.38. The third kappa shape index (κ3) is 6.27. The maximum Gasteiger partial charge on any atom is 0.258 e. The molecule has 1 N–H and O–H groups in total. The van der Waals surface area contributed by atoms with E-state index in [2.05, 4.69) is 5.32 Å². The van der Waals surface area contributed by atoms with Crippen LogP contribution < -0.4 is 10.2 Å². The first-order valence-corrected chi connectivity index (χ1v) is 10.3. The summed E-state index contributed by atoms with van der Waals surface area (Å²) in [7, 11) is 1.60. The summed E-state index contributed by atoms with van der Waals surface area (Å²) in [6.45, 7) is 3.38. The number of methoxy groups -OCH3 is 1. The monoisotopic (exact) mass is 416 g/mol. The molecule has 0 heterocycles. The molecule has 3 aromatic rings. The predicted octanol–water partition coefficient (Wildman–Crippen LogP) is 4.15. The van der Waals surface area contributed by atoms with Crippen LogP contribution in [0.1, 0.15) is 27.0 Å². The fourth-order valence-corrected chi connectivity index (χ4v) is 3.34. The van der Waals surface area contributed by atoms with Gasteiger partial charge in [0.05, 0.1) is 19.6 Å².